The molecule has 124 heavy (non-hydrogen) atoms. The smallest absolute Gasteiger partial charge is 0.407 e. The standard InChI is InChI=1S/C100H120N8O16/c1-97(2,3)121-93(109)105-43-47-113-51-55-117-89-61-86-40-36-74-21-29-78(30-22-74)66-102-70-82-16-14-18-84(60-82)72-104-68-80-33-25-76(26-34-80)38-42-88-64-91(119-57-53-115-49-45-107-95(111)123-99(7,8)9)87(63-92(88)120-58-54-116-50-46-108-96(112)124-100(10,11)12)41-37-75-23-31-79(32-24-75)67-103-71-83-17-13-15-81(59-83)69-101-65-77-27-19-73(20-28-77)35-39-85(89)62-90(86)118-56-52-114-48-44-106-94(110)122-98(4,5)6/h13-34,59-64,101-104H,43-58,65-72H2,1-12H3,(H,105,109)(H,106,110)(H,107,111)(H,108,112). The molecule has 24 nitrogen and oxygen atoms in total. The molecular formula is C100H120N8O16. The molecule has 0 aromatic heterocycles. The summed E-state index contributed by atoms with van der Waals surface area (Å²) in [5.41, 5.74) is 11.8. The van der Waals surface area contributed by atoms with Gasteiger partial charge >= 0.3 is 24.4 Å². The van der Waals surface area contributed by atoms with Crippen LogP contribution in [-0.4, -0.2) is 152 Å². The van der Waals surface area contributed by atoms with Gasteiger partial charge in [0, 0.05) is 125 Å². The Morgan fingerprint density at radius 3 is 0.661 bits per heavy atom. The van der Waals surface area contributed by atoms with Crippen LogP contribution >= 0.6 is 0 Å². The van der Waals surface area contributed by atoms with Crippen molar-refractivity contribution in [2.75, 3.05) is 105 Å². The molecule has 0 unspecified atom stereocenters. The van der Waals surface area contributed by atoms with Crippen LogP contribution in [0.1, 0.15) is 172 Å². The number of carbonyl (C=O) groups excluding carboxylic acids is 4. The average Bonchev–Trinajstić information content (AvgIpc) is 0.822. The van der Waals surface area contributed by atoms with E-state index in [9.17, 15) is 19.2 Å². The second kappa shape index (κ2) is 49.9. The molecule has 0 fully saturated rings. The van der Waals surface area contributed by atoms with Crippen LogP contribution in [0.5, 0.6) is 23.0 Å². The summed E-state index contributed by atoms with van der Waals surface area (Å²) in [6.45, 7) is 30.3. The lowest BCUT2D eigenvalue weighted by molar-refractivity contribution is 0.0478. The number of benzene rings is 8. The molecule has 24 rings (SSSR count). The van der Waals surface area contributed by atoms with Gasteiger partial charge in [0.1, 0.15) is 71.8 Å². The number of hydrogen-bond acceptors (Lipinski definition) is 20. The first-order chi connectivity index (χ1) is 59.6. The summed E-state index contributed by atoms with van der Waals surface area (Å²) in [5, 5.41) is 25.4. The molecule has 656 valence electrons. The molecule has 0 atom stereocenters. The molecule has 24 heteroatoms. The zero-order valence-electron chi connectivity index (χ0n) is 73.7. The van der Waals surface area contributed by atoms with Gasteiger partial charge in [0.15, 0.2) is 0 Å². The van der Waals surface area contributed by atoms with Crippen LogP contribution in [0.3, 0.4) is 0 Å². The quantitative estimate of drug-likeness (QED) is 0.0129. The Bertz CT molecular complexity index is 4380. The van der Waals surface area contributed by atoms with Gasteiger partial charge in [-0.25, -0.2) is 19.2 Å². The molecule has 16 heterocycles. The van der Waals surface area contributed by atoms with Crippen LogP contribution in [0.2, 0.25) is 0 Å². The first-order valence-electron chi connectivity index (χ1n) is 42.0. The number of rotatable bonds is 28. The van der Waals surface area contributed by atoms with E-state index in [1.807, 2.05) is 156 Å². The summed E-state index contributed by atoms with van der Waals surface area (Å²) in [6.07, 6.45) is -2.09. The third-order valence-corrected chi connectivity index (χ3v) is 17.6. The van der Waals surface area contributed by atoms with Crippen molar-refractivity contribution in [3.8, 4) is 70.4 Å². The minimum Gasteiger partial charge on any atom is -0.490 e. The molecule has 16 aliphatic rings. The molecule has 8 N–H and O–H groups in total. The lowest BCUT2D eigenvalue weighted by Crippen LogP contribution is -2.34. The predicted molar refractivity (Wildman–Crippen MR) is 480 cm³/mol. The molecule has 0 radical (unpaired) electrons. The summed E-state index contributed by atoms with van der Waals surface area (Å²) in [6, 6.07) is 56.9. The van der Waals surface area contributed by atoms with Gasteiger partial charge in [-0.1, -0.05) is 144 Å². The number of alkyl carbamates (subject to hydrolysis) is 4. The zero-order valence-corrected chi connectivity index (χ0v) is 73.7. The number of amides is 4. The maximum atomic E-state index is 12.3. The molecule has 0 saturated heterocycles. The highest BCUT2D eigenvalue weighted by Gasteiger charge is 2.21. The van der Waals surface area contributed by atoms with E-state index in [1.165, 1.54) is 0 Å². The van der Waals surface area contributed by atoms with E-state index in [2.05, 4.69) is 187 Å². The molecule has 8 aromatic carbocycles. The number of carbonyl (C=O) groups is 4. The van der Waals surface area contributed by atoms with E-state index in [-0.39, 0.29) is 105 Å². The van der Waals surface area contributed by atoms with Crippen molar-refractivity contribution in [2.24, 2.45) is 0 Å². The van der Waals surface area contributed by atoms with Crippen LogP contribution in [0.15, 0.2) is 170 Å². The molecule has 16 aliphatic heterocycles. The van der Waals surface area contributed by atoms with E-state index in [4.69, 9.17) is 56.8 Å². The van der Waals surface area contributed by atoms with Crippen molar-refractivity contribution in [1.82, 2.24) is 42.5 Å². The van der Waals surface area contributed by atoms with E-state index >= 15 is 0 Å². The first kappa shape index (κ1) is 95.8. The van der Waals surface area contributed by atoms with Gasteiger partial charge in [0.05, 0.1) is 75.1 Å². The second-order valence-electron chi connectivity index (χ2n) is 33.1. The van der Waals surface area contributed by atoms with Crippen molar-refractivity contribution >= 4 is 24.4 Å². The van der Waals surface area contributed by atoms with E-state index in [0.29, 0.717) is 97.6 Å². The van der Waals surface area contributed by atoms with Crippen molar-refractivity contribution < 1.29 is 76.0 Å². The van der Waals surface area contributed by atoms with Crippen LogP contribution in [0.25, 0.3) is 0 Å². The Kier molecular flexibility index (Phi) is 38.6. The van der Waals surface area contributed by atoms with Crippen LogP contribution in [-0.2, 0) is 90.3 Å². The van der Waals surface area contributed by atoms with Crippen LogP contribution in [0.4, 0.5) is 19.2 Å². The molecular weight excluding hydrogens is 1570 g/mol. The fraction of sp³-hybridized carbons (Fsp3) is 0.400. The van der Waals surface area contributed by atoms with Crippen molar-refractivity contribution in [1.29, 1.82) is 0 Å². The Morgan fingerprint density at radius 1 is 0.258 bits per heavy atom. The Labute approximate surface area is 731 Å². The molecule has 8 aromatic rings. The van der Waals surface area contributed by atoms with Gasteiger partial charge in [-0.2, -0.15) is 0 Å². The topological polar surface area (TPSA) is 275 Å². The maximum absolute atomic E-state index is 12.3. The fourth-order valence-electron chi connectivity index (χ4n) is 11.9. The SMILES string of the molecule is CC(C)(C)OC(=O)NCCOCCOc1cc2c(OCCOCCNC(=O)OC(C)(C)C)cc1C#Cc1ccc(cc1)CNCc1cccc(c1)CNCc1ccc(cc1)C#Cc1cc(OCCOCCNC(=O)OC(C)(C)C)c(cc1OCCOCCNC(=O)OC(C)(C)C)C#Cc1ccc(cc1)CNCc1cccc(c1)CNCc1ccc(cc1)C#C2. The molecule has 0 aliphatic carbocycles. The van der Waals surface area contributed by atoms with Crippen molar-refractivity contribution in [3.05, 3.63) is 259 Å². The van der Waals surface area contributed by atoms with Gasteiger partial charge in [-0.15, -0.1) is 0 Å². The highest BCUT2D eigenvalue weighted by Crippen LogP contribution is 2.31. The van der Waals surface area contributed by atoms with Crippen LogP contribution in [0, 0.1) is 47.4 Å². The Morgan fingerprint density at radius 2 is 0.460 bits per heavy atom. The van der Waals surface area contributed by atoms with Gasteiger partial charge < -0.3 is 99.4 Å². The first-order valence-corrected chi connectivity index (χ1v) is 42.0. The minimum atomic E-state index is -0.629. The van der Waals surface area contributed by atoms with Crippen molar-refractivity contribution in [3.63, 3.8) is 0 Å². The zero-order chi connectivity index (χ0) is 88.4. The number of nitrogens with one attached hydrogen (secondary N) is 8. The van der Waals surface area contributed by atoms with Gasteiger partial charge in [-0.05, 0) is 176 Å². The third-order valence-electron chi connectivity index (χ3n) is 17.6. The van der Waals surface area contributed by atoms with Gasteiger partial charge in [-0.3, -0.25) is 0 Å². The molecule has 0 saturated carbocycles. The number of ether oxygens (including phenoxy) is 12. The summed E-state index contributed by atoms with van der Waals surface area (Å²) in [5.74, 6) is 28.8. The van der Waals surface area contributed by atoms with Gasteiger partial charge in [0.25, 0.3) is 0 Å². The van der Waals surface area contributed by atoms with E-state index in [0.717, 1.165) is 66.8 Å². The summed E-state index contributed by atoms with van der Waals surface area (Å²) in [7, 11) is 0. The van der Waals surface area contributed by atoms with Crippen LogP contribution < -0.4 is 61.5 Å². The molecule has 16 bridgehead atoms. The summed E-state index contributed by atoms with van der Waals surface area (Å²) in [4.78, 5) is 49.2. The highest BCUT2D eigenvalue weighted by molar-refractivity contribution is 5.69. The second-order valence-corrected chi connectivity index (χ2v) is 33.1. The molecule has 4 amide bonds. The largest absolute Gasteiger partial charge is 0.490 e. The average molecular weight is 1690 g/mol. The highest BCUT2D eigenvalue weighted by atomic mass is 16.6. The van der Waals surface area contributed by atoms with E-state index < -0.39 is 46.8 Å². The normalized spacial score (nSPS) is 12.7. The van der Waals surface area contributed by atoms with E-state index in [1.54, 1.807) is 0 Å². The fourth-order valence-corrected chi connectivity index (χ4v) is 11.9. The lowest BCUT2D eigenvalue weighted by atomic mass is 10.1. The Balaban J connectivity index is 0.940. The van der Waals surface area contributed by atoms with Crippen molar-refractivity contribution in [2.45, 2.75) is 158 Å². The summed E-state index contributed by atoms with van der Waals surface area (Å²) < 4.78 is 70.8. The predicted octanol–water partition coefficient (Wildman–Crippen LogP) is 14.4. The number of hydrogen-bond donors (Lipinski definition) is 8. The molecule has 0 spiro atoms. The Hall–Kier alpha value is -12.0. The lowest BCUT2D eigenvalue weighted by Gasteiger charge is -2.19. The van der Waals surface area contributed by atoms with Gasteiger partial charge in [0.2, 0.25) is 0 Å². The monoisotopic (exact) mass is 1690 g/mol. The third kappa shape index (κ3) is 38.6. The minimum absolute atomic E-state index is 0.167. The maximum Gasteiger partial charge on any atom is 0.407 e. The summed E-state index contributed by atoms with van der Waals surface area (Å²) >= 11 is 0.